The summed E-state index contributed by atoms with van der Waals surface area (Å²) < 4.78 is 6.46. The number of benzene rings is 8. The molecule has 1 aromatic heterocycles. The molecule has 0 N–H and O–H groups in total. The van der Waals surface area contributed by atoms with Crippen LogP contribution in [-0.4, -0.2) is 0 Å². The molecule has 0 amide bonds. The molecule has 1 aliphatic carbocycles. The third-order valence-electron chi connectivity index (χ3n) is 11.6. The summed E-state index contributed by atoms with van der Waals surface area (Å²) in [6, 6.07) is 58.1. The van der Waals surface area contributed by atoms with Gasteiger partial charge in [-0.3, -0.25) is 0 Å². The molecule has 1 aliphatic rings. The zero-order valence-electron chi connectivity index (χ0n) is 30.9. The predicted molar refractivity (Wildman–Crippen MR) is 225 cm³/mol. The highest BCUT2D eigenvalue weighted by atomic mass is 16.3. The number of fused-ring (bicyclic) bond motifs is 8. The average molecular weight is 684 g/mol. The Hall–Kier alpha value is -6.12. The molecule has 0 spiro atoms. The molecule has 0 fully saturated rings. The normalized spacial score (nSPS) is 13.5. The van der Waals surface area contributed by atoms with Gasteiger partial charge in [0.2, 0.25) is 0 Å². The Morgan fingerprint density at radius 3 is 1.91 bits per heavy atom. The van der Waals surface area contributed by atoms with Crippen LogP contribution in [0.25, 0.3) is 65.7 Å². The van der Waals surface area contributed by atoms with E-state index in [4.69, 9.17) is 4.42 Å². The van der Waals surface area contributed by atoms with Crippen molar-refractivity contribution in [3.05, 3.63) is 174 Å². The van der Waals surface area contributed by atoms with Crippen LogP contribution in [0, 0.1) is 0 Å². The van der Waals surface area contributed by atoms with Crippen molar-refractivity contribution < 1.29 is 4.42 Å². The van der Waals surface area contributed by atoms with Crippen LogP contribution < -0.4 is 4.90 Å². The smallest absolute Gasteiger partial charge is 0.136 e. The second kappa shape index (κ2) is 11.4. The van der Waals surface area contributed by atoms with Crippen LogP contribution in [0.3, 0.4) is 0 Å². The van der Waals surface area contributed by atoms with Crippen molar-refractivity contribution >= 4 is 60.5 Å². The third kappa shape index (κ3) is 4.86. The number of furan rings is 1. The summed E-state index contributed by atoms with van der Waals surface area (Å²) in [4.78, 5) is 2.47. The Morgan fingerprint density at radius 1 is 0.491 bits per heavy atom. The van der Waals surface area contributed by atoms with Gasteiger partial charge >= 0.3 is 0 Å². The Balaban J connectivity index is 1.27. The summed E-state index contributed by atoms with van der Waals surface area (Å²) in [5, 5.41) is 7.23. The molecule has 0 saturated carbocycles. The van der Waals surface area contributed by atoms with E-state index in [1.807, 2.05) is 6.07 Å². The largest absolute Gasteiger partial charge is 0.456 e. The Morgan fingerprint density at radius 2 is 1.13 bits per heavy atom. The lowest BCUT2D eigenvalue weighted by Gasteiger charge is -2.30. The van der Waals surface area contributed by atoms with Gasteiger partial charge in [0.25, 0.3) is 0 Å². The third-order valence-corrected chi connectivity index (χ3v) is 11.6. The maximum absolute atomic E-state index is 6.46. The molecule has 0 unspecified atom stereocenters. The summed E-state index contributed by atoms with van der Waals surface area (Å²) in [7, 11) is 0. The topological polar surface area (TPSA) is 16.4 Å². The molecule has 2 nitrogen and oxygen atoms in total. The number of hydrogen-bond donors (Lipinski definition) is 0. The standard InChI is InChI=1S/C51H41NO/c1-50(2,3)35-22-24-36(25-23-35)52(37-26-27-43-42(31-37)41-29-33-14-6-7-15-34(33)30-44(41)51(43,4)5)45-28-21-32-13-8-9-16-38(32)48(45)40-18-12-20-47-49(40)39-17-10-11-19-46(39)53-47/h6-31H,1-5H3. The lowest BCUT2D eigenvalue weighted by Crippen LogP contribution is -2.16. The van der Waals surface area contributed by atoms with E-state index >= 15 is 0 Å². The first-order chi connectivity index (χ1) is 25.7. The van der Waals surface area contributed by atoms with Gasteiger partial charge in [0, 0.05) is 33.1 Å². The van der Waals surface area contributed by atoms with Crippen molar-refractivity contribution in [2.75, 3.05) is 4.90 Å². The van der Waals surface area contributed by atoms with Crippen molar-refractivity contribution in [2.24, 2.45) is 0 Å². The van der Waals surface area contributed by atoms with Gasteiger partial charge in [-0.2, -0.15) is 0 Å². The first-order valence-electron chi connectivity index (χ1n) is 18.7. The minimum absolute atomic E-state index is 0.0427. The van der Waals surface area contributed by atoms with Crippen LogP contribution in [0.4, 0.5) is 17.1 Å². The molecule has 256 valence electrons. The molecule has 9 aromatic rings. The fourth-order valence-corrected chi connectivity index (χ4v) is 8.81. The molecule has 10 rings (SSSR count). The average Bonchev–Trinajstić information content (AvgIpc) is 3.65. The van der Waals surface area contributed by atoms with Crippen LogP contribution >= 0.6 is 0 Å². The highest BCUT2D eigenvalue weighted by Gasteiger charge is 2.36. The van der Waals surface area contributed by atoms with Crippen molar-refractivity contribution in [2.45, 2.75) is 45.4 Å². The summed E-state index contributed by atoms with van der Waals surface area (Å²) in [5.41, 5.74) is 14.1. The number of anilines is 3. The van der Waals surface area contributed by atoms with Crippen molar-refractivity contribution in [1.82, 2.24) is 0 Å². The Bertz CT molecular complexity index is 2900. The predicted octanol–water partition coefficient (Wildman–Crippen LogP) is 14.6. The van der Waals surface area contributed by atoms with Crippen LogP contribution in [0.15, 0.2) is 162 Å². The van der Waals surface area contributed by atoms with Gasteiger partial charge in [-0.25, -0.2) is 0 Å². The second-order valence-corrected chi connectivity index (χ2v) is 16.2. The lowest BCUT2D eigenvalue weighted by atomic mass is 9.82. The van der Waals surface area contributed by atoms with Gasteiger partial charge in [-0.1, -0.05) is 138 Å². The number of rotatable bonds is 4. The zero-order valence-corrected chi connectivity index (χ0v) is 30.9. The summed E-state index contributed by atoms with van der Waals surface area (Å²) >= 11 is 0. The van der Waals surface area contributed by atoms with E-state index in [1.165, 1.54) is 54.9 Å². The number of nitrogens with zero attached hydrogens (tertiary/aromatic N) is 1. The minimum Gasteiger partial charge on any atom is -0.456 e. The van der Waals surface area contributed by atoms with Gasteiger partial charge in [-0.05, 0) is 115 Å². The van der Waals surface area contributed by atoms with E-state index in [-0.39, 0.29) is 10.8 Å². The van der Waals surface area contributed by atoms with E-state index in [0.717, 1.165) is 44.6 Å². The van der Waals surface area contributed by atoms with Gasteiger partial charge in [0.15, 0.2) is 0 Å². The number of para-hydroxylation sites is 1. The zero-order chi connectivity index (χ0) is 36.1. The maximum atomic E-state index is 6.46. The van der Waals surface area contributed by atoms with Gasteiger partial charge < -0.3 is 9.32 Å². The van der Waals surface area contributed by atoms with Gasteiger partial charge in [-0.15, -0.1) is 0 Å². The maximum Gasteiger partial charge on any atom is 0.136 e. The van der Waals surface area contributed by atoms with Gasteiger partial charge in [0.05, 0.1) is 5.69 Å². The molecular weight excluding hydrogens is 643 g/mol. The fourth-order valence-electron chi connectivity index (χ4n) is 8.81. The Kier molecular flexibility index (Phi) is 6.82. The lowest BCUT2D eigenvalue weighted by molar-refractivity contribution is 0.590. The van der Waals surface area contributed by atoms with E-state index < -0.39 is 0 Å². The first-order valence-corrected chi connectivity index (χ1v) is 18.7. The van der Waals surface area contributed by atoms with Crippen LogP contribution in [0.5, 0.6) is 0 Å². The van der Waals surface area contributed by atoms with Crippen LogP contribution in [0.2, 0.25) is 0 Å². The molecular formula is C51H41NO. The molecule has 0 radical (unpaired) electrons. The molecule has 0 bridgehead atoms. The molecule has 8 aromatic carbocycles. The molecule has 0 atom stereocenters. The van der Waals surface area contributed by atoms with Crippen LogP contribution in [-0.2, 0) is 10.8 Å². The van der Waals surface area contributed by atoms with Crippen molar-refractivity contribution in [3.63, 3.8) is 0 Å². The summed E-state index contributed by atoms with van der Waals surface area (Å²) in [6.07, 6.45) is 0. The minimum atomic E-state index is -0.113. The molecule has 1 heterocycles. The highest BCUT2D eigenvalue weighted by molar-refractivity contribution is 6.18. The first kappa shape index (κ1) is 31.6. The summed E-state index contributed by atoms with van der Waals surface area (Å²) in [5.74, 6) is 0. The van der Waals surface area contributed by atoms with E-state index in [1.54, 1.807) is 0 Å². The Labute approximate surface area is 310 Å². The monoisotopic (exact) mass is 683 g/mol. The molecule has 0 saturated heterocycles. The summed E-state index contributed by atoms with van der Waals surface area (Å²) in [6.45, 7) is 11.6. The van der Waals surface area contributed by atoms with E-state index in [2.05, 4.69) is 191 Å². The molecule has 53 heavy (non-hydrogen) atoms. The SMILES string of the molecule is CC(C)(C)c1ccc(N(c2ccc3c(c2)-c2cc4ccccc4cc2C3(C)C)c2ccc3ccccc3c2-c2cccc3oc4ccccc4c23)cc1. The quantitative estimate of drug-likeness (QED) is 0.184. The van der Waals surface area contributed by atoms with Crippen molar-refractivity contribution in [1.29, 1.82) is 0 Å². The van der Waals surface area contributed by atoms with Gasteiger partial charge in [0.1, 0.15) is 11.2 Å². The fraction of sp³-hybridized carbons (Fsp3) is 0.137. The highest BCUT2D eigenvalue weighted by Crippen LogP contribution is 2.53. The molecule has 0 aliphatic heterocycles. The number of hydrogen-bond acceptors (Lipinski definition) is 2. The van der Waals surface area contributed by atoms with E-state index in [0.29, 0.717) is 0 Å². The van der Waals surface area contributed by atoms with Crippen molar-refractivity contribution in [3.8, 4) is 22.3 Å². The van der Waals surface area contributed by atoms with E-state index in [9.17, 15) is 0 Å². The molecule has 2 heteroatoms. The second-order valence-electron chi connectivity index (χ2n) is 16.2. The van der Waals surface area contributed by atoms with Crippen LogP contribution in [0.1, 0.15) is 51.3 Å².